The minimum absolute atomic E-state index is 0.0212. The number of anilines is 2. The number of hydrogen-bond donors (Lipinski definition) is 2. The van der Waals surface area contributed by atoms with Crippen molar-refractivity contribution in [3.8, 4) is 0 Å². The third kappa shape index (κ3) is 3.86. The first kappa shape index (κ1) is 15.9. The fourth-order valence-corrected chi connectivity index (χ4v) is 3.34. The molecule has 1 aliphatic heterocycles. The summed E-state index contributed by atoms with van der Waals surface area (Å²) in [6, 6.07) is 12.7. The SMILES string of the molecule is CC1Sc2ccc(NC(=O)Cc3ccc(Cl)cc3)cc2NC1=O. The van der Waals surface area contributed by atoms with Crippen LogP contribution < -0.4 is 10.6 Å². The molecule has 0 fully saturated rings. The Bertz CT molecular complexity index is 762. The Morgan fingerprint density at radius 1 is 1.26 bits per heavy atom. The summed E-state index contributed by atoms with van der Waals surface area (Å²) in [6.07, 6.45) is 0.270. The van der Waals surface area contributed by atoms with Crippen LogP contribution in [0.1, 0.15) is 12.5 Å². The third-order valence-electron chi connectivity index (χ3n) is 3.47. The summed E-state index contributed by atoms with van der Waals surface area (Å²) in [6.45, 7) is 1.87. The molecule has 1 atom stereocenters. The van der Waals surface area contributed by atoms with Crippen LogP contribution in [0.3, 0.4) is 0 Å². The van der Waals surface area contributed by atoms with E-state index in [4.69, 9.17) is 11.6 Å². The number of amides is 2. The number of fused-ring (bicyclic) bond motifs is 1. The van der Waals surface area contributed by atoms with Crippen molar-refractivity contribution in [1.82, 2.24) is 0 Å². The molecule has 0 saturated heterocycles. The van der Waals surface area contributed by atoms with Crippen LogP contribution >= 0.6 is 23.4 Å². The minimum atomic E-state index is -0.115. The number of benzene rings is 2. The van der Waals surface area contributed by atoms with Crippen LogP contribution in [-0.2, 0) is 16.0 Å². The maximum atomic E-state index is 12.1. The average Bonchev–Trinajstić information content (AvgIpc) is 2.51. The maximum absolute atomic E-state index is 12.1. The van der Waals surface area contributed by atoms with Gasteiger partial charge in [0.25, 0.3) is 0 Å². The number of hydrogen-bond acceptors (Lipinski definition) is 3. The van der Waals surface area contributed by atoms with Crippen LogP contribution in [0.2, 0.25) is 5.02 Å². The number of carbonyl (C=O) groups excluding carboxylic acids is 2. The van der Waals surface area contributed by atoms with Gasteiger partial charge in [0.2, 0.25) is 11.8 Å². The highest BCUT2D eigenvalue weighted by atomic mass is 35.5. The molecule has 0 aromatic heterocycles. The van der Waals surface area contributed by atoms with Gasteiger partial charge in [0.1, 0.15) is 0 Å². The van der Waals surface area contributed by atoms with Crippen molar-refractivity contribution in [2.45, 2.75) is 23.5 Å². The van der Waals surface area contributed by atoms with Crippen molar-refractivity contribution in [3.63, 3.8) is 0 Å². The van der Waals surface area contributed by atoms with Gasteiger partial charge < -0.3 is 10.6 Å². The van der Waals surface area contributed by atoms with Gasteiger partial charge in [0, 0.05) is 15.6 Å². The molecule has 0 spiro atoms. The van der Waals surface area contributed by atoms with Crippen LogP contribution in [0.4, 0.5) is 11.4 Å². The molecule has 1 unspecified atom stereocenters. The summed E-state index contributed by atoms with van der Waals surface area (Å²) in [5.74, 6) is -0.137. The van der Waals surface area contributed by atoms with Crippen molar-refractivity contribution in [2.75, 3.05) is 10.6 Å². The van der Waals surface area contributed by atoms with Gasteiger partial charge >= 0.3 is 0 Å². The predicted octanol–water partition coefficient (Wildman–Crippen LogP) is 3.95. The second kappa shape index (κ2) is 6.64. The monoisotopic (exact) mass is 346 g/mol. The molecular weight excluding hydrogens is 332 g/mol. The van der Waals surface area contributed by atoms with E-state index in [0.29, 0.717) is 10.7 Å². The first-order chi connectivity index (χ1) is 11.0. The van der Waals surface area contributed by atoms with Gasteiger partial charge in [0.15, 0.2) is 0 Å². The van der Waals surface area contributed by atoms with E-state index in [1.807, 2.05) is 31.2 Å². The molecule has 0 bridgehead atoms. The molecule has 2 N–H and O–H groups in total. The lowest BCUT2D eigenvalue weighted by Crippen LogP contribution is -2.26. The zero-order chi connectivity index (χ0) is 16.4. The summed E-state index contributed by atoms with van der Waals surface area (Å²) in [7, 11) is 0. The van der Waals surface area contributed by atoms with Crippen LogP contribution in [0.5, 0.6) is 0 Å². The number of nitrogens with one attached hydrogen (secondary N) is 2. The van der Waals surface area contributed by atoms with E-state index in [2.05, 4.69) is 10.6 Å². The first-order valence-electron chi connectivity index (χ1n) is 7.17. The lowest BCUT2D eigenvalue weighted by molar-refractivity contribution is -0.116. The molecule has 0 aliphatic carbocycles. The number of thioether (sulfide) groups is 1. The molecule has 2 aromatic carbocycles. The Morgan fingerprint density at radius 2 is 2.00 bits per heavy atom. The minimum Gasteiger partial charge on any atom is -0.326 e. The second-order valence-corrected chi connectivity index (χ2v) is 7.13. The fourth-order valence-electron chi connectivity index (χ4n) is 2.28. The molecule has 0 saturated carbocycles. The highest BCUT2D eigenvalue weighted by molar-refractivity contribution is 8.00. The Balaban J connectivity index is 1.68. The lowest BCUT2D eigenvalue weighted by atomic mass is 10.1. The zero-order valence-electron chi connectivity index (χ0n) is 12.4. The average molecular weight is 347 g/mol. The fraction of sp³-hybridized carbons (Fsp3) is 0.176. The van der Waals surface area contributed by atoms with Gasteiger partial charge in [-0.2, -0.15) is 0 Å². The number of carbonyl (C=O) groups is 2. The Hall–Kier alpha value is -1.98. The predicted molar refractivity (Wildman–Crippen MR) is 94.2 cm³/mol. The zero-order valence-corrected chi connectivity index (χ0v) is 14.0. The maximum Gasteiger partial charge on any atom is 0.237 e. The van der Waals surface area contributed by atoms with E-state index >= 15 is 0 Å². The Labute approximate surface area is 143 Å². The highest BCUT2D eigenvalue weighted by Crippen LogP contribution is 2.36. The van der Waals surface area contributed by atoms with E-state index in [1.165, 1.54) is 11.8 Å². The molecule has 0 radical (unpaired) electrons. The molecule has 6 heteroatoms. The lowest BCUT2D eigenvalue weighted by Gasteiger charge is -2.22. The molecule has 2 aromatic rings. The summed E-state index contributed by atoms with van der Waals surface area (Å²) < 4.78 is 0. The van der Waals surface area contributed by atoms with Crippen molar-refractivity contribution < 1.29 is 9.59 Å². The summed E-state index contributed by atoms with van der Waals surface area (Å²) >= 11 is 7.34. The molecule has 118 valence electrons. The standard InChI is InChI=1S/C17H15ClN2O2S/c1-10-17(22)20-14-9-13(6-7-15(14)23-10)19-16(21)8-11-2-4-12(18)5-3-11/h2-7,9-10H,8H2,1H3,(H,19,21)(H,20,22). The Kier molecular flexibility index (Phi) is 4.59. The van der Waals surface area contributed by atoms with E-state index < -0.39 is 0 Å². The topological polar surface area (TPSA) is 58.2 Å². The van der Waals surface area contributed by atoms with E-state index in [0.717, 1.165) is 16.1 Å². The summed E-state index contributed by atoms with van der Waals surface area (Å²) in [5.41, 5.74) is 2.29. The van der Waals surface area contributed by atoms with Crippen molar-refractivity contribution in [1.29, 1.82) is 0 Å². The van der Waals surface area contributed by atoms with Crippen LogP contribution in [-0.4, -0.2) is 17.1 Å². The molecule has 2 amide bonds. The molecule has 1 heterocycles. The van der Waals surface area contributed by atoms with E-state index in [-0.39, 0.29) is 23.5 Å². The highest BCUT2D eigenvalue weighted by Gasteiger charge is 2.23. The molecule has 4 nitrogen and oxygen atoms in total. The van der Waals surface area contributed by atoms with Crippen LogP contribution in [0.15, 0.2) is 47.4 Å². The van der Waals surface area contributed by atoms with E-state index in [1.54, 1.807) is 18.2 Å². The van der Waals surface area contributed by atoms with Gasteiger partial charge in [0.05, 0.1) is 17.4 Å². The van der Waals surface area contributed by atoms with Gasteiger partial charge in [-0.3, -0.25) is 9.59 Å². The van der Waals surface area contributed by atoms with Gasteiger partial charge in [-0.1, -0.05) is 23.7 Å². The normalized spacial score (nSPS) is 16.4. The quantitative estimate of drug-likeness (QED) is 0.884. The number of halogens is 1. The molecular formula is C17H15ClN2O2S. The largest absolute Gasteiger partial charge is 0.326 e. The van der Waals surface area contributed by atoms with Crippen molar-refractivity contribution in [2.24, 2.45) is 0 Å². The van der Waals surface area contributed by atoms with Crippen molar-refractivity contribution in [3.05, 3.63) is 53.1 Å². The van der Waals surface area contributed by atoms with Crippen LogP contribution in [0.25, 0.3) is 0 Å². The Morgan fingerprint density at radius 3 is 2.74 bits per heavy atom. The van der Waals surface area contributed by atoms with Gasteiger partial charge in [-0.05, 0) is 42.8 Å². The van der Waals surface area contributed by atoms with Gasteiger partial charge in [-0.15, -0.1) is 11.8 Å². The summed E-state index contributed by atoms with van der Waals surface area (Å²) in [5, 5.41) is 6.24. The number of rotatable bonds is 3. The second-order valence-electron chi connectivity index (χ2n) is 5.31. The van der Waals surface area contributed by atoms with E-state index in [9.17, 15) is 9.59 Å². The summed E-state index contributed by atoms with van der Waals surface area (Å²) in [4.78, 5) is 24.9. The first-order valence-corrected chi connectivity index (χ1v) is 8.43. The third-order valence-corrected chi connectivity index (χ3v) is 4.90. The van der Waals surface area contributed by atoms with Crippen molar-refractivity contribution >= 4 is 46.6 Å². The van der Waals surface area contributed by atoms with Gasteiger partial charge in [-0.25, -0.2) is 0 Å². The molecule has 1 aliphatic rings. The van der Waals surface area contributed by atoms with Crippen LogP contribution in [0, 0.1) is 0 Å². The molecule has 3 rings (SSSR count). The molecule has 23 heavy (non-hydrogen) atoms. The smallest absolute Gasteiger partial charge is 0.237 e.